The van der Waals surface area contributed by atoms with Gasteiger partial charge < -0.3 is 33.7 Å². The molecule has 35 heavy (non-hydrogen) atoms. The molecular formula is C26H31NO8. The maximum Gasteiger partial charge on any atom is 0.309 e. The maximum atomic E-state index is 13.4. The van der Waals surface area contributed by atoms with Crippen LogP contribution >= 0.6 is 0 Å². The molecule has 1 N–H and O–H groups in total. The number of benzene rings is 2. The number of hydrogen-bond acceptors (Lipinski definition) is 8. The van der Waals surface area contributed by atoms with E-state index < -0.39 is 5.92 Å². The lowest BCUT2D eigenvalue weighted by Gasteiger charge is -2.32. The predicted molar refractivity (Wildman–Crippen MR) is 126 cm³/mol. The predicted octanol–water partition coefficient (Wildman–Crippen LogP) is 3.46. The van der Waals surface area contributed by atoms with Gasteiger partial charge in [-0.3, -0.25) is 9.59 Å². The highest BCUT2D eigenvalue weighted by Crippen LogP contribution is 2.45. The third-order valence-electron chi connectivity index (χ3n) is 6.54. The number of phenols is 1. The summed E-state index contributed by atoms with van der Waals surface area (Å²) < 4.78 is 27.0. The molecule has 1 atom stereocenters. The molecule has 0 bridgehead atoms. The van der Waals surface area contributed by atoms with Crippen LogP contribution in [0.1, 0.15) is 43.2 Å². The Morgan fingerprint density at radius 1 is 1.09 bits per heavy atom. The minimum absolute atomic E-state index is 0.0299. The Morgan fingerprint density at radius 2 is 1.83 bits per heavy atom. The van der Waals surface area contributed by atoms with Crippen molar-refractivity contribution in [3.05, 3.63) is 41.5 Å². The SMILES string of the molecule is CCOC(=O)C1CCN(C(=O)CC(c2ccc3c(c2)OCO3)c2c(O)cc(OC)cc2OC)CC1. The molecule has 2 aromatic rings. The summed E-state index contributed by atoms with van der Waals surface area (Å²) in [7, 11) is 3.02. The van der Waals surface area contributed by atoms with E-state index in [1.807, 2.05) is 12.1 Å². The number of likely N-dealkylation sites (tertiary alicyclic amines) is 1. The van der Waals surface area contributed by atoms with E-state index in [1.54, 1.807) is 24.0 Å². The summed E-state index contributed by atoms with van der Waals surface area (Å²) in [4.78, 5) is 27.3. The van der Waals surface area contributed by atoms with Gasteiger partial charge in [0.2, 0.25) is 12.7 Å². The van der Waals surface area contributed by atoms with Crippen molar-refractivity contribution in [2.24, 2.45) is 5.92 Å². The van der Waals surface area contributed by atoms with Crippen LogP contribution in [0.3, 0.4) is 0 Å². The van der Waals surface area contributed by atoms with Gasteiger partial charge in [0.15, 0.2) is 11.5 Å². The standard InChI is InChI=1S/C26H31NO8/c1-4-33-26(30)16-7-9-27(10-8-16)24(29)14-19(17-5-6-21-22(11-17)35-15-34-21)25-20(28)12-18(31-2)13-23(25)32-3/h5-6,11-13,16,19,28H,4,7-10,14-15H2,1-3H3. The molecule has 2 aliphatic heterocycles. The van der Waals surface area contributed by atoms with Crippen molar-refractivity contribution in [2.75, 3.05) is 40.7 Å². The zero-order valence-electron chi connectivity index (χ0n) is 20.2. The van der Waals surface area contributed by atoms with Crippen LogP contribution in [0.5, 0.6) is 28.7 Å². The van der Waals surface area contributed by atoms with Crippen LogP contribution < -0.4 is 18.9 Å². The van der Waals surface area contributed by atoms with Gasteiger partial charge in [0.25, 0.3) is 0 Å². The van der Waals surface area contributed by atoms with E-state index in [0.29, 0.717) is 61.1 Å². The van der Waals surface area contributed by atoms with E-state index in [1.165, 1.54) is 20.3 Å². The van der Waals surface area contributed by atoms with E-state index in [2.05, 4.69) is 0 Å². The quantitative estimate of drug-likeness (QED) is 0.567. The average Bonchev–Trinajstić information content (AvgIpc) is 3.35. The van der Waals surface area contributed by atoms with E-state index >= 15 is 0 Å². The molecule has 1 saturated heterocycles. The van der Waals surface area contributed by atoms with Gasteiger partial charge >= 0.3 is 5.97 Å². The monoisotopic (exact) mass is 485 g/mol. The fourth-order valence-electron chi connectivity index (χ4n) is 4.67. The molecule has 0 spiro atoms. The smallest absolute Gasteiger partial charge is 0.309 e. The first-order valence-electron chi connectivity index (χ1n) is 11.7. The van der Waals surface area contributed by atoms with Crippen molar-refractivity contribution in [3.63, 3.8) is 0 Å². The van der Waals surface area contributed by atoms with Crippen LogP contribution in [0.25, 0.3) is 0 Å². The molecule has 9 heteroatoms. The molecule has 2 aliphatic rings. The number of fused-ring (bicyclic) bond motifs is 1. The highest BCUT2D eigenvalue weighted by atomic mass is 16.7. The summed E-state index contributed by atoms with van der Waals surface area (Å²) >= 11 is 0. The van der Waals surface area contributed by atoms with Crippen LogP contribution in [-0.4, -0.2) is 62.6 Å². The summed E-state index contributed by atoms with van der Waals surface area (Å²) in [6, 6.07) is 8.68. The molecule has 1 amide bonds. The number of hydrogen-bond donors (Lipinski definition) is 1. The van der Waals surface area contributed by atoms with Gasteiger partial charge in [0.05, 0.1) is 26.7 Å². The van der Waals surface area contributed by atoms with Gasteiger partial charge in [-0.15, -0.1) is 0 Å². The number of carbonyl (C=O) groups excluding carboxylic acids is 2. The summed E-state index contributed by atoms with van der Waals surface area (Å²) in [6.45, 7) is 3.22. The van der Waals surface area contributed by atoms with Gasteiger partial charge in [0, 0.05) is 43.1 Å². The normalized spacial score (nSPS) is 16.0. The second-order valence-electron chi connectivity index (χ2n) is 8.54. The molecule has 1 unspecified atom stereocenters. The molecular weight excluding hydrogens is 454 g/mol. The minimum Gasteiger partial charge on any atom is -0.507 e. The van der Waals surface area contributed by atoms with Crippen molar-refractivity contribution >= 4 is 11.9 Å². The Balaban J connectivity index is 1.61. The lowest BCUT2D eigenvalue weighted by atomic mass is 9.86. The first kappa shape index (κ1) is 24.5. The van der Waals surface area contributed by atoms with E-state index in [4.69, 9.17) is 23.7 Å². The average molecular weight is 486 g/mol. The Kier molecular flexibility index (Phi) is 7.53. The van der Waals surface area contributed by atoms with Crippen LogP contribution in [0.15, 0.2) is 30.3 Å². The van der Waals surface area contributed by atoms with Gasteiger partial charge in [-0.2, -0.15) is 0 Å². The highest BCUT2D eigenvalue weighted by Gasteiger charge is 2.32. The zero-order valence-corrected chi connectivity index (χ0v) is 20.2. The van der Waals surface area contributed by atoms with E-state index in [0.717, 1.165) is 5.56 Å². The lowest BCUT2D eigenvalue weighted by Crippen LogP contribution is -2.41. The first-order valence-corrected chi connectivity index (χ1v) is 11.7. The fraction of sp³-hybridized carbons (Fsp3) is 0.462. The second-order valence-corrected chi connectivity index (χ2v) is 8.54. The van der Waals surface area contributed by atoms with E-state index in [-0.39, 0.29) is 36.8 Å². The van der Waals surface area contributed by atoms with Crippen LogP contribution in [0.4, 0.5) is 0 Å². The summed E-state index contributed by atoms with van der Waals surface area (Å²) in [6.07, 6.45) is 1.23. The fourth-order valence-corrected chi connectivity index (χ4v) is 4.67. The number of rotatable bonds is 8. The van der Waals surface area contributed by atoms with Gasteiger partial charge in [-0.05, 0) is 37.5 Å². The molecule has 4 rings (SSSR count). The number of aromatic hydroxyl groups is 1. The highest BCUT2D eigenvalue weighted by molar-refractivity contribution is 5.79. The Labute approximate surface area is 204 Å². The Hall–Kier alpha value is -3.62. The van der Waals surface area contributed by atoms with Gasteiger partial charge in [0.1, 0.15) is 17.2 Å². The Morgan fingerprint density at radius 3 is 2.51 bits per heavy atom. The van der Waals surface area contributed by atoms with Crippen molar-refractivity contribution < 1.29 is 38.4 Å². The van der Waals surface area contributed by atoms with Gasteiger partial charge in [-0.1, -0.05) is 6.07 Å². The number of carbonyl (C=O) groups is 2. The molecule has 0 saturated carbocycles. The number of amides is 1. The van der Waals surface area contributed by atoms with Crippen LogP contribution in [0.2, 0.25) is 0 Å². The molecule has 0 aromatic heterocycles. The number of nitrogens with zero attached hydrogens (tertiary/aromatic N) is 1. The number of methoxy groups -OCH3 is 2. The van der Waals surface area contributed by atoms with Crippen molar-refractivity contribution in [1.82, 2.24) is 4.90 Å². The molecule has 9 nitrogen and oxygen atoms in total. The zero-order chi connectivity index (χ0) is 24.9. The summed E-state index contributed by atoms with van der Waals surface area (Å²) in [5.74, 6) is 1.07. The van der Waals surface area contributed by atoms with E-state index in [9.17, 15) is 14.7 Å². The molecule has 188 valence electrons. The number of esters is 1. The largest absolute Gasteiger partial charge is 0.507 e. The topological polar surface area (TPSA) is 104 Å². The van der Waals surface area contributed by atoms with Crippen molar-refractivity contribution in [2.45, 2.75) is 32.1 Å². The first-order chi connectivity index (χ1) is 16.9. The molecule has 1 fully saturated rings. The number of piperidine rings is 1. The third-order valence-corrected chi connectivity index (χ3v) is 6.54. The molecule has 2 heterocycles. The van der Waals surface area contributed by atoms with Crippen LogP contribution in [0, 0.1) is 5.92 Å². The lowest BCUT2D eigenvalue weighted by molar-refractivity contribution is -0.151. The number of ether oxygens (including phenoxy) is 5. The minimum atomic E-state index is -0.513. The summed E-state index contributed by atoms with van der Waals surface area (Å²) in [5.41, 5.74) is 1.27. The van der Waals surface area contributed by atoms with Crippen molar-refractivity contribution in [1.29, 1.82) is 0 Å². The molecule has 0 aliphatic carbocycles. The summed E-state index contributed by atoms with van der Waals surface area (Å²) in [5, 5.41) is 10.9. The maximum absolute atomic E-state index is 13.4. The van der Waals surface area contributed by atoms with Gasteiger partial charge in [-0.25, -0.2) is 0 Å². The second kappa shape index (κ2) is 10.8. The molecule has 2 aromatic carbocycles. The molecule has 0 radical (unpaired) electrons. The van der Waals surface area contributed by atoms with Crippen LogP contribution in [-0.2, 0) is 14.3 Å². The van der Waals surface area contributed by atoms with Crippen molar-refractivity contribution in [3.8, 4) is 28.7 Å². The number of phenolic OH excluding ortho intramolecular Hbond substituents is 1. The Bertz CT molecular complexity index is 1080. The third kappa shape index (κ3) is 5.23.